The Balaban J connectivity index is 0.00000220. The number of hydrogen-bond acceptors (Lipinski definition) is 4. The maximum absolute atomic E-state index is 12.2. The van der Waals surface area contributed by atoms with Crippen molar-refractivity contribution in [3.63, 3.8) is 0 Å². The summed E-state index contributed by atoms with van der Waals surface area (Å²) < 4.78 is 0.895. The molecule has 2 rings (SSSR count). The van der Waals surface area contributed by atoms with Crippen molar-refractivity contribution in [2.24, 2.45) is 11.7 Å². The predicted octanol–water partition coefficient (Wildman–Crippen LogP) is 1.86. The maximum Gasteiger partial charge on any atom is 0.262 e. The fraction of sp³-hybridized carbons (Fsp3) is 0.538. The van der Waals surface area contributed by atoms with Crippen molar-refractivity contribution in [2.75, 3.05) is 19.6 Å². The topological polar surface area (TPSA) is 75.4 Å². The highest BCUT2D eigenvalue weighted by Gasteiger charge is 2.29. The predicted molar refractivity (Wildman–Crippen MR) is 89.9 cm³/mol. The molecule has 1 aromatic heterocycles. The number of nitrogens with zero attached hydrogens (tertiary/aromatic N) is 1. The third-order valence-corrected chi connectivity index (χ3v) is 5.07. The molecule has 1 fully saturated rings. The molecule has 2 atom stereocenters. The zero-order valence-electron chi connectivity index (χ0n) is 11.7. The van der Waals surface area contributed by atoms with Gasteiger partial charge < -0.3 is 16.0 Å². The van der Waals surface area contributed by atoms with E-state index in [1.165, 1.54) is 11.3 Å². The molecule has 118 valence electrons. The van der Waals surface area contributed by atoms with Gasteiger partial charge in [-0.1, -0.05) is 0 Å². The van der Waals surface area contributed by atoms with Crippen LogP contribution >= 0.6 is 39.7 Å². The van der Waals surface area contributed by atoms with E-state index in [0.29, 0.717) is 23.9 Å². The molecule has 8 heteroatoms. The number of nitrogens with two attached hydrogens (primary N) is 1. The summed E-state index contributed by atoms with van der Waals surface area (Å²) in [5.74, 6) is 0.135. The van der Waals surface area contributed by atoms with E-state index in [9.17, 15) is 9.59 Å². The van der Waals surface area contributed by atoms with Gasteiger partial charge in [0.25, 0.3) is 5.91 Å². The van der Waals surface area contributed by atoms with Crippen LogP contribution < -0.4 is 11.1 Å². The summed E-state index contributed by atoms with van der Waals surface area (Å²) in [7, 11) is 0. The van der Waals surface area contributed by atoms with Gasteiger partial charge in [0.15, 0.2) is 0 Å². The van der Waals surface area contributed by atoms with Crippen molar-refractivity contribution < 1.29 is 9.59 Å². The number of carbonyl (C=O) groups is 2. The smallest absolute Gasteiger partial charge is 0.262 e. The average Bonchev–Trinajstić information content (AvgIpc) is 3.06. The quantitative estimate of drug-likeness (QED) is 0.815. The largest absolute Gasteiger partial charge is 0.341 e. The van der Waals surface area contributed by atoms with Gasteiger partial charge in [-0.25, -0.2) is 0 Å². The van der Waals surface area contributed by atoms with Crippen molar-refractivity contribution in [1.29, 1.82) is 0 Å². The van der Waals surface area contributed by atoms with E-state index in [-0.39, 0.29) is 24.2 Å². The lowest BCUT2D eigenvalue weighted by molar-refractivity contribution is -0.131. The summed E-state index contributed by atoms with van der Waals surface area (Å²) in [6.45, 7) is 3.75. The molecule has 0 bridgehead atoms. The van der Waals surface area contributed by atoms with Gasteiger partial charge in [-0.2, -0.15) is 0 Å². The molecular weight excluding hydrogens is 378 g/mol. The molecule has 0 aliphatic carbocycles. The van der Waals surface area contributed by atoms with E-state index in [0.717, 1.165) is 16.8 Å². The number of likely N-dealkylation sites (tertiary alicyclic amines) is 1. The Morgan fingerprint density at radius 1 is 1.57 bits per heavy atom. The second-order valence-corrected chi connectivity index (χ2v) is 7.44. The highest BCUT2D eigenvalue weighted by Crippen LogP contribution is 2.22. The van der Waals surface area contributed by atoms with E-state index < -0.39 is 6.04 Å². The summed E-state index contributed by atoms with van der Waals surface area (Å²) >= 11 is 4.66. The summed E-state index contributed by atoms with van der Waals surface area (Å²) in [6, 6.07) is 3.04. The lowest BCUT2D eigenvalue weighted by Crippen LogP contribution is -2.46. The van der Waals surface area contributed by atoms with Crippen LogP contribution in [0.25, 0.3) is 0 Å². The van der Waals surface area contributed by atoms with Crippen molar-refractivity contribution in [2.45, 2.75) is 19.4 Å². The minimum atomic E-state index is -0.514. The van der Waals surface area contributed by atoms with E-state index in [2.05, 4.69) is 21.2 Å². The maximum atomic E-state index is 12.2. The molecule has 1 aliphatic heterocycles. The molecule has 21 heavy (non-hydrogen) atoms. The molecule has 0 spiro atoms. The van der Waals surface area contributed by atoms with Crippen molar-refractivity contribution in [3.8, 4) is 0 Å². The van der Waals surface area contributed by atoms with Crippen molar-refractivity contribution >= 4 is 51.5 Å². The monoisotopic (exact) mass is 395 g/mol. The molecule has 0 aromatic carbocycles. The first-order valence-corrected chi connectivity index (χ1v) is 8.17. The molecule has 3 N–H and O–H groups in total. The highest BCUT2D eigenvalue weighted by atomic mass is 79.9. The Morgan fingerprint density at radius 3 is 2.81 bits per heavy atom. The van der Waals surface area contributed by atoms with E-state index in [4.69, 9.17) is 5.73 Å². The van der Waals surface area contributed by atoms with E-state index in [1.807, 2.05) is 6.07 Å². The van der Waals surface area contributed by atoms with Gasteiger partial charge in [0.1, 0.15) is 6.04 Å². The summed E-state index contributed by atoms with van der Waals surface area (Å²) in [5, 5.41) is 2.75. The number of hydrogen-bond donors (Lipinski definition) is 2. The van der Waals surface area contributed by atoms with Gasteiger partial charge in [0, 0.05) is 13.1 Å². The van der Waals surface area contributed by atoms with Crippen LogP contribution in [0.4, 0.5) is 0 Å². The molecular formula is C13H19BrClN3O2S. The van der Waals surface area contributed by atoms with Crippen LogP contribution in [0, 0.1) is 5.92 Å². The number of halogens is 2. The SMILES string of the molecule is CC(NC(=O)c1ccc(Br)s1)C(=O)N1CCC(CN)C1.Cl. The van der Waals surface area contributed by atoms with Crippen LogP contribution in [0.2, 0.25) is 0 Å². The fourth-order valence-corrected chi connectivity index (χ4v) is 3.55. The van der Waals surface area contributed by atoms with Gasteiger partial charge in [-0.3, -0.25) is 9.59 Å². The summed E-state index contributed by atoms with van der Waals surface area (Å²) in [5.41, 5.74) is 5.62. The van der Waals surface area contributed by atoms with Crippen LogP contribution in [-0.2, 0) is 4.79 Å². The van der Waals surface area contributed by atoms with Crippen molar-refractivity contribution in [3.05, 3.63) is 20.8 Å². The lowest BCUT2D eigenvalue weighted by atomic mass is 10.1. The first-order valence-electron chi connectivity index (χ1n) is 6.56. The zero-order valence-corrected chi connectivity index (χ0v) is 14.9. The molecule has 0 saturated carbocycles. The lowest BCUT2D eigenvalue weighted by Gasteiger charge is -2.21. The number of nitrogens with one attached hydrogen (secondary N) is 1. The second kappa shape index (κ2) is 8.12. The Morgan fingerprint density at radius 2 is 2.29 bits per heavy atom. The van der Waals surface area contributed by atoms with Gasteiger partial charge in [-0.15, -0.1) is 23.7 Å². The normalized spacial score (nSPS) is 19.0. The first kappa shape index (κ1) is 18.4. The molecule has 2 amide bonds. The molecule has 2 heterocycles. The zero-order chi connectivity index (χ0) is 14.7. The standard InChI is InChI=1S/C13H18BrN3O2S.ClH/c1-8(13(19)17-5-4-9(6-15)7-17)16-12(18)10-2-3-11(14)20-10;/h2-3,8-9H,4-7,15H2,1H3,(H,16,18);1H. The highest BCUT2D eigenvalue weighted by molar-refractivity contribution is 9.11. The van der Waals surface area contributed by atoms with Crippen LogP contribution in [-0.4, -0.2) is 42.4 Å². The Bertz CT molecular complexity index is 511. The molecule has 2 unspecified atom stereocenters. The second-order valence-electron chi connectivity index (χ2n) is 4.97. The van der Waals surface area contributed by atoms with Crippen LogP contribution in [0.5, 0.6) is 0 Å². The molecule has 1 aliphatic rings. The average molecular weight is 397 g/mol. The van der Waals surface area contributed by atoms with Gasteiger partial charge in [-0.05, 0) is 53.9 Å². The molecule has 5 nitrogen and oxygen atoms in total. The number of rotatable bonds is 4. The van der Waals surface area contributed by atoms with Crippen LogP contribution in [0.15, 0.2) is 15.9 Å². The molecule has 1 aromatic rings. The molecule has 1 saturated heterocycles. The third-order valence-electron chi connectivity index (χ3n) is 3.45. The van der Waals surface area contributed by atoms with Crippen LogP contribution in [0.3, 0.4) is 0 Å². The van der Waals surface area contributed by atoms with Crippen LogP contribution in [0.1, 0.15) is 23.0 Å². The number of thiophene rings is 1. The minimum Gasteiger partial charge on any atom is -0.341 e. The fourth-order valence-electron chi connectivity index (χ4n) is 2.26. The third kappa shape index (κ3) is 4.67. The first-order chi connectivity index (χ1) is 9.51. The Labute approximate surface area is 142 Å². The number of carbonyl (C=O) groups excluding carboxylic acids is 2. The minimum absolute atomic E-state index is 0. The number of amides is 2. The van der Waals surface area contributed by atoms with Gasteiger partial charge >= 0.3 is 0 Å². The Kier molecular flexibility index (Phi) is 7.12. The van der Waals surface area contributed by atoms with Gasteiger partial charge in [0.05, 0.1) is 8.66 Å². The van der Waals surface area contributed by atoms with Gasteiger partial charge in [0.2, 0.25) is 5.91 Å². The van der Waals surface area contributed by atoms with Crippen molar-refractivity contribution in [1.82, 2.24) is 10.2 Å². The summed E-state index contributed by atoms with van der Waals surface area (Å²) in [4.78, 5) is 26.6. The summed E-state index contributed by atoms with van der Waals surface area (Å²) in [6.07, 6.45) is 0.945. The molecule has 0 radical (unpaired) electrons. The van der Waals surface area contributed by atoms with E-state index >= 15 is 0 Å². The van der Waals surface area contributed by atoms with E-state index in [1.54, 1.807) is 17.9 Å². The Hall–Kier alpha value is -0.630.